The number of nitrogens with one attached hydrogen (secondary N) is 1. The smallest absolute Gasteiger partial charge is 0.184 e. The summed E-state index contributed by atoms with van der Waals surface area (Å²) in [6.45, 7) is 2.05. The summed E-state index contributed by atoms with van der Waals surface area (Å²) >= 11 is 0. The van der Waals surface area contributed by atoms with Crippen LogP contribution in [-0.4, -0.2) is 42.0 Å². The molecule has 1 radical (unpaired) electrons. The van der Waals surface area contributed by atoms with Crippen LogP contribution in [0.25, 0.3) is 11.0 Å². The van der Waals surface area contributed by atoms with Gasteiger partial charge < -0.3 is 24.6 Å². The van der Waals surface area contributed by atoms with Gasteiger partial charge in [0.1, 0.15) is 11.9 Å². The third-order valence-electron chi connectivity index (χ3n) is 3.92. The van der Waals surface area contributed by atoms with Gasteiger partial charge in [0.25, 0.3) is 0 Å². The minimum Gasteiger partial charge on any atom is -0.497 e. The second kappa shape index (κ2) is 8.55. The molecule has 1 aromatic heterocycles. The number of benzene rings is 2. The van der Waals surface area contributed by atoms with Crippen molar-refractivity contribution in [3.63, 3.8) is 0 Å². The van der Waals surface area contributed by atoms with Crippen LogP contribution in [0.1, 0.15) is 13.3 Å². The Morgan fingerprint density at radius 1 is 1.15 bits per heavy atom. The van der Waals surface area contributed by atoms with Crippen molar-refractivity contribution in [1.82, 2.24) is 9.97 Å². The first kappa shape index (κ1) is 18.7. The third-order valence-corrected chi connectivity index (χ3v) is 3.92. The van der Waals surface area contributed by atoms with Gasteiger partial charge >= 0.3 is 0 Å². The van der Waals surface area contributed by atoms with Crippen LogP contribution in [0, 0.1) is 6.20 Å². The molecule has 3 aromatic rings. The van der Waals surface area contributed by atoms with Gasteiger partial charge in [-0.2, -0.15) is 0 Å². The molecule has 0 aliphatic rings. The molecular formula is C20H22N3O4. The van der Waals surface area contributed by atoms with Crippen LogP contribution in [0.3, 0.4) is 0 Å². The lowest BCUT2D eigenvalue weighted by molar-refractivity contribution is 0.154. The highest BCUT2D eigenvalue weighted by Gasteiger charge is 2.16. The molecule has 0 fully saturated rings. The predicted octanol–water partition coefficient (Wildman–Crippen LogP) is 3.34. The van der Waals surface area contributed by atoms with Crippen LogP contribution in [0.5, 0.6) is 17.2 Å². The third kappa shape index (κ3) is 4.57. The molecule has 0 saturated carbocycles. The van der Waals surface area contributed by atoms with E-state index in [1.165, 1.54) is 0 Å². The van der Waals surface area contributed by atoms with Crippen molar-refractivity contribution in [1.29, 1.82) is 0 Å². The van der Waals surface area contributed by atoms with Crippen LogP contribution in [0.15, 0.2) is 36.4 Å². The molecule has 0 aliphatic carbocycles. The highest BCUT2D eigenvalue weighted by atomic mass is 16.5. The number of aliphatic hydroxyl groups is 1. The number of anilines is 2. The molecule has 7 nitrogen and oxygen atoms in total. The van der Waals surface area contributed by atoms with E-state index in [2.05, 4.69) is 21.5 Å². The van der Waals surface area contributed by atoms with E-state index in [9.17, 15) is 5.11 Å². The summed E-state index contributed by atoms with van der Waals surface area (Å²) in [5.41, 5.74) is 2.13. The van der Waals surface area contributed by atoms with Gasteiger partial charge in [-0.1, -0.05) is 12.1 Å². The molecule has 1 unspecified atom stereocenters. The highest BCUT2D eigenvalue weighted by molar-refractivity contribution is 5.77. The van der Waals surface area contributed by atoms with Crippen molar-refractivity contribution < 1.29 is 19.3 Å². The number of aromatic nitrogens is 2. The molecule has 0 aliphatic heterocycles. The molecule has 0 saturated heterocycles. The van der Waals surface area contributed by atoms with Gasteiger partial charge in [-0.25, -0.2) is 9.97 Å². The van der Waals surface area contributed by atoms with Gasteiger partial charge in [0.05, 0.1) is 43.7 Å². The molecule has 0 spiro atoms. The largest absolute Gasteiger partial charge is 0.497 e. The second-order valence-corrected chi connectivity index (χ2v) is 5.99. The fraction of sp³-hybridized carbons (Fsp3) is 0.300. The Hall–Kier alpha value is -3.06. The normalized spacial score (nSPS) is 11.9. The minimum absolute atomic E-state index is 0.335. The number of hydrogen-bond donors (Lipinski definition) is 2. The van der Waals surface area contributed by atoms with Crippen molar-refractivity contribution in [3.05, 3.63) is 42.6 Å². The molecule has 0 bridgehead atoms. The molecule has 3 rings (SSSR count). The molecule has 2 N–H and O–H groups in total. The van der Waals surface area contributed by atoms with Gasteiger partial charge in [-0.3, -0.25) is 0 Å². The average molecular weight is 368 g/mol. The predicted molar refractivity (Wildman–Crippen MR) is 103 cm³/mol. The average Bonchev–Trinajstić information content (AvgIpc) is 2.68. The molecule has 27 heavy (non-hydrogen) atoms. The van der Waals surface area contributed by atoms with E-state index in [4.69, 9.17) is 14.2 Å². The maximum atomic E-state index is 9.47. The highest BCUT2D eigenvalue weighted by Crippen LogP contribution is 2.40. The van der Waals surface area contributed by atoms with E-state index in [-0.39, 0.29) is 0 Å². The number of methoxy groups -OCH3 is 2. The molecule has 2 aromatic carbocycles. The van der Waals surface area contributed by atoms with E-state index in [0.29, 0.717) is 41.8 Å². The van der Waals surface area contributed by atoms with Crippen LogP contribution in [-0.2, 0) is 0 Å². The van der Waals surface area contributed by atoms with Crippen molar-refractivity contribution in [3.8, 4) is 17.2 Å². The van der Waals surface area contributed by atoms with Crippen LogP contribution in [0.4, 0.5) is 11.5 Å². The summed E-state index contributed by atoms with van der Waals surface area (Å²) in [5, 5.41) is 12.6. The Labute approximate surface area is 157 Å². The zero-order valence-electron chi connectivity index (χ0n) is 15.5. The molecular weight excluding hydrogens is 346 g/mol. The van der Waals surface area contributed by atoms with E-state index in [1.807, 2.05) is 24.3 Å². The quantitative estimate of drug-likeness (QED) is 0.631. The Balaban J connectivity index is 1.95. The Kier molecular flexibility index (Phi) is 5.93. The maximum absolute atomic E-state index is 9.47. The Bertz CT molecular complexity index is 915. The molecule has 1 heterocycles. The minimum atomic E-state index is -0.453. The number of hydrogen-bond acceptors (Lipinski definition) is 7. The second-order valence-electron chi connectivity index (χ2n) is 5.99. The van der Waals surface area contributed by atoms with Crippen LogP contribution >= 0.6 is 0 Å². The van der Waals surface area contributed by atoms with Crippen LogP contribution in [0.2, 0.25) is 0 Å². The summed E-state index contributed by atoms with van der Waals surface area (Å²) in [6, 6.07) is 11.1. The van der Waals surface area contributed by atoms with E-state index >= 15 is 0 Å². The van der Waals surface area contributed by atoms with E-state index in [1.54, 1.807) is 33.3 Å². The zero-order chi connectivity index (χ0) is 19.2. The number of nitrogens with zero attached hydrogens (tertiary/aromatic N) is 2. The number of aliphatic hydroxyl groups excluding tert-OH is 1. The lowest BCUT2D eigenvalue weighted by Crippen LogP contribution is -2.09. The van der Waals surface area contributed by atoms with Crippen molar-refractivity contribution in [2.45, 2.75) is 19.4 Å². The summed E-state index contributed by atoms with van der Waals surface area (Å²) in [7, 11) is 3.14. The summed E-state index contributed by atoms with van der Waals surface area (Å²) < 4.78 is 16.6. The Morgan fingerprint density at radius 3 is 2.63 bits per heavy atom. The van der Waals surface area contributed by atoms with Crippen LogP contribution < -0.4 is 19.5 Å². The SMILES string of the molecule is COc1cc(Nc2[c]nc3ccccc3n2)c(OCCC(C)O)c(OC)c1. The van der Waals surface area contributed by atoms with Gasteiger partial charge in [0.2, 0.25) is 0 Å². The van der Waals surface area contributed by atoms with Crippen molar-refractivity contribution in [2.24, 2.45) is 0 Å². The number of ether oxygens (including phenoxy) is 3. The fourth-order valence-electron chi connectivity index (χ4n) is 2.52. The Morgan fingerprint density at radius 2 is 1.93 bits per heavy atom. The molecule has 1 atom stereocenters. The topological polar surface area (TPSA) is 85.7 Å². The van der Waals surface area contributed by atoms with Gasteiger partial charge in [0, 0.05) is 18.6 Å². The maximum Gasteiger partial charge on any atom is 0.184 e. The lowest BCUT2D eigenvalue weighted by Gasteiger charge is -2.18. The van der Waals surface area contributed by atoms with E-state index in [0.717, 1.165) is 11.0 Å². The van der Waals surface area contributed by atoms with Gasteiger partial charge in [-0.15, -0.1) is 0 Å². The van der Waals surface area contributed by atoms with Gasteiger partial charge in [-0.05, 0) is 19.1 Å². The molecule has 141 valence electrons. The lowest BCUT2D eigenvalue weighted by atomic mass is 10.2. The monoisotopic (exact) mass is 368 g/mol. The molecule has 0 amide bonds. The summed E-state index contributed by atoms with van der Waals surface area (Å²) in [5.74, 6) is 2.06. The first-order valence-corrected chi connectivity index (χ1v) is 8.59. The van der Waals surface area contributed by atoms with Gasteiger partial charge in [0.15, 0.2) is 17.3 Å². The number of para-hydroxylation sites is 2. The summed E-state index contributed by atoms with van der Waals surface area (Å²) in [4.78, 5) is 8.82. The first-order chi connectivity index (χ1) is 13.1. The standard InChI is InChI=1S/C20H22N3O4/c1-13(24)8-9-27-20-17(10-14(25-2)11-18(20)26-3)23-19-12-21-15-6-4-5-7-16(15)22-19/h4-7,10-11,13,24H,8-9H2,1-3H3,(H,22,23). The zero-order valence-corrected chi connectivity index (χ0v) is 15.5. The number of fused-ring (bicyclic) bond motifs is 1. The van der Waals surface area contributed by atoms with Crippen molar-refractivity contribution >= 4 is 22.5 Å². The number of rotatable bonds is 8. The first-order valence-electron chi connectivity index (χ1n) is 8.59. The fourth-order valence-corrected chi connectivity index (χ4v) is 2.52. The molecule has 7 heteroatoms. The van der Waals surface area contributed by atoms with Crippen molar-refractivity contribution in [2.75, 3.05) is 26.1 Å². The summed E-state index contributed by atoms with van der Waals surface area (Å²) in [6.07, 6.45) is 2.93. The van der Waals surface area contributed by atoms with E-state index < -0.39 is 6.10 Å².